The van der Waals surface area contributed by atoms with Crippen LogP contribution < -0.4 is 14.8 Å². The molecule has 4 nitrogen and oxygen atoms in total. The number of hydrogen-bond donors (Lipinski definition) is 1. The molecule has 2 rings (SSSR count). The van der Waals surface area contributed by atoms with Crippen molar-refractivity contribution in [2.75, 3.05) is 7.11 Å². The first-order valence-corrected chi connectivity index (χ1v) is 7.53. The van der Waals surface area contributed by atoms with Crippen LogP contribution in [0.1, 0.15) is 38.7 Å². The Bertz CT molecular complexity index is 537. The van der Waals surface area contributed by atoms with Crippen LogP contribution in [0.5, 0.6) is 11.5 Å². The van der Waals surface area contributed by atoms with E-state index >= 15 is 0 Å². The van der Waals surface area contributed by atoms with Crippen molar-refractivity contribution in [3.05, 3.63) is 35.6 Å². The van der Waals surface area contributed by atoms with Crippen molar-refractivity contribution in [3.63, 3.8) is 0 Å². The number of amides is 1. The molecule has 0 fully saturated rings. The van der Waals surface area contributed by atoms with Gasteiger partial charge in [0.15, 0.2) is 5.76 Å². The molecule has 0 spiro atoms. The first-order chi connectivity index (χ1) is 10.2. The lowest BCUT2D eigenvalue weighted by Crippen LogP contribution is -2.37. The summed E-state index contributed by atoms with van der Waals surface area (Å²) >= 11 is 0. The highest BCUT2D eigenvalue weighted by Crippen LogP contribution is 2.29. The number of benzene rings is 1. The first-order valence-electron chi connectivity index (χ1n) is 7.53. The van der Waals surface area contributed by atoms with Crippen molar-refractivity contribution in [1.29, 1.82) is 0 Å². The van der Waals surface area contributed by atoms with Crippen molar-refractivity contribution < 1.29 is 14.3 Å². The van der Waals surface area contributed by atoms with Gasteiger partial charge in [0.2, 0.25) is 0 Å². The summed E-state index contributed by atoms with van der Waals surface area (Å²) in [5.41, 5.74) is 1.03. The summed E-state index contributed by atoms with van der Waals surface area (Å²) in [5.74, 6) is 1.79. The smallest absolute Gasteiger partial charge is 0.286 e. The first kappa shape index (κ1) is 15.4. The average Bonchev–Trinajstić information content (AvgIpc) is 2.53. The summed E-state index contributed by atoms with van der Waals surface area (Å²) in [6.45, 7) is 4.20. The minimum absolute atomic E-state index is 0.128. The highest BCUT2D eigenvalue weighted by atomic mass is 16.5. The number of carbonyl (C=O) groups excluding carboxylic acids is 1. The van der Waals surface area contributed by atoms with Gasteiger partial charge < -0.3 is 14.8 Å². The summed E-state index contributed by atoms with van der Waals surface area (Å²) in [4.78, 5) is 12.2. The Balaban J connectivity index is 2.03. The molecule has 0 bridgehead atoms. The van der Waals surface area contributed by atoms with E-state index in [1.807, 2.05) is 24.3 Å². The number of nitrogens with one attached hydrogen (secondary N) is 1. The standard InChI is InChI=1S/C17H23NO3/c1-4-6-13(5-2)18-17(19)16-9-7-12-11-14(20-3)8-10-15(12)21-16/h8-11,13H,4-7H2,1-3H3,(H,18,19). The molecule has 21 heavy (non-hydrogen) atoms. The zero-order chi connectivity index (χ0) is 15.2. The van der Waals surface area contributed by atoms with E-state index in [0.717, 1.165) is 36.3 Å². The van der Waals surface area contributed by atoms with E-state index in [1.165, 1.54) is 0 Å². The number of methoxy groups -OCH3 is 1. The number of ether oxygens (including phenoxy) is 2. The summed E-state index contributed by atoms with van der Waals surface area (Å²) in [7, 11) is 1.64. The Morgan fingerprint density at radius 1 is 1.43 bits per heavy atom. The summed E-state index contributed by atoms with van der Waals surface area (Å²) in [6, 6.07) is 5.83. The molecule has 0 aliphatic carbocycles. The van der Waals surface area contributed by atoms with Gasteiger partial charge in [-0.3, -0.25) is 4.79 Å². The zero-order valence-corrected chi connectivity index (χ0v) is 12.9. The molecular formula is C17H23NO3. The van der Waals surface area contributed by atoms with Gasteiger partial charge in [-0.25, -0.2) is 0 Å². The van der Waals surface area contributed by atoms with E-state index in [9.17, 15) is 4.79 Å². The van der Waals surface area contributed by atoms with Crippen molar-refractivity contribution in [2.24, 2.45) is 0 Å². The number of allylic oxidation sites excluding steroid dienone is 1. The second-order valence-corrected chi connectivity index (χ2v) is 5.22. The third-order valence-corrected chi connectivity index (χ3v) is 3.68. The molecule has 4 heteroatoms. The maximum atomic E-state index is 12.2. The fourth-order valence-electron chi connectivity index (χ4n) is 2.43. The normalized spacial score (nSPS) is 14.5. The quantitative estimate of drug-likeness (QED) is 0.874. The van der Waals surface area contributed by atoms with Crippen LogP contribution in [-0.4, -0.2) is 19.1 Å². The Morgan fingerprint density at radius 3 is 2.90 bits per heavy atom. The van der Waals surface area contributed by atoms with Gasteiger partial charge >= 0.3 is 0 Å². The zero-order valence-electron chi connectivity index (χ0n) is 12.9. The highest BCUT2D eigenvalue weighted by Gasteiger charge is 2.20. The molecular weight excluding hydrogens is 266 g/mol. The summed E-state index contributed by atoms with van der Waals surface area (Å²) < 4.78 is 10.9. The van der Waals surface area contributed by atoms with E-state index in [-0.39, 0.29) is 11.9 Å². The Kier molecular flexibility index (Phi) is 5.26. The lowest BCUT2D eigenvalue weighted by Gasteiger charge is -2.21. The van der Waals surface area contributed by atoms with E-state index in [1.54, 1.807) is 7.11 Å². The third kappa shape index (κ3) is 3.78. The second kappa shape index (κ2) is 7.16. The average molecular weight is 289 g/mol. The van der Waals surface area contributed by atoms with Gasteiger partial charge in [0, 0.05) is 11.6 Å². The van der Waals surface area contributed by atoms with Crippen LogP contribution in [0.4, 0.5) is 0 Å². The van der Waals surface area contributed by atoms with Crippen LogP contribution in [0.25, 0.3) is 0 Å². The molecule has 1 aromatic carbocycles. The lowest BCUT2D eigenvalue weighted by atomic mass is 10.1. The monoisotopic (exact) mass is 289 g/mol. The molecule has 1 atom stereocenters. The molecule has 0 saturated carbocycles. The van der Waals surface area contributed by atoms with Crippen LogP contribution in [0.2, 0.25) is 0 Å². The van der Waals surface area contributed by atoms with Crippen LogP contribution in [0.15, 0.2) is 30.0 Å². The van der Waals surface area contributed by atoms with Gasteiger partial charge in [-0.15, -0.1) is 0 Å². The summed E-state index contributed by atoms with van der Waals surface area (Å²) in [6.07, 6.45) is 5.49. The van der Waals surface area contributed by atoms with E-state index in [2.05, 4.69) is 19.2 Å². The summed E-state index contributed by atoms with van der Waals surface area (Å²) in [5, 5.41) is 3.03. The third-order valence-electron chi connectivity index (χ3n) is 3.68. The maximum Gasteiger partial charge on any atom is 0.286 e. The highest BCUT2D eigenvalue weighted by molar-refractivity contribution is 5.92. The van der Waals surface area contributed by atoms with E-state index < -0.39 is 0 Å². The Hall–Kier alpha value is -1.97. The molecule has 1 heterocycles. The Labute approximate surface area is 126 Å². The molecule has 1 N–H and O–H groups in total. The van der Waals surface area contributed by atoms with Crippen LogP contribution >= 0.6 is 0 Å². The van der Waals surface area contributed by atoms with Gasteiger partial charge in [-0.2, -0.15) is 0 Å². The predicted molar refractivity (Wildman–Crippen MR) is 82.5 cm³/mol. The molecule has 1 aromatic rings. The predicted octanol–water partition coefficient (Wildman–Crippen LogP) is 3.21. The van der Waals surface area contributed by atoms with Gasteiger partial charge in [-0.05, 0) is 43.5 Å². The fraction of sp³-hybridized carbons (Fsp3) is 0.471. The topological polar surface area (TPSA) is 47.6 Å². The molecule has 1 aliphatic rings. The molecule has 0 radical (unpaired) electrons. The van der Waals surface area contributed by atoms with Gasteiger partial charge in [-0.1, -0.05) is 20.3 Å². The number of rotatable bonds is 6. The van der Waals surface area contributed by atoms with Crippen molar-refractivity contribution in [3.8, 4) is 11.5 Å². The largest absolute Gasteiger partial charge is 0.497 e. The second-order valence-electron chi connectivity index (χ2n) is 5.22. The Morgan fingerprint density at radius 2 is 2.24 bits per heavy atom. The van der Waals surface area contributed by atoms with Crippen LogP contribution in [0.3, 0.4) is 0 Å². The van der Waals surface area contributed by atoms with E-state index in [4.69, 9.17) is 9.47 Å². The maximum absolute atomic E-state index is 12.2. The minimum atomic E-state index is -0.128. The van der Waals surface area contributed by atoms with Gasteiger partial charge in [0.25, 0.3) is 5.91 Å². The SMILES string of the molecule is CCCC(CC)NC(=O)C1=CCc2cc(OC)ccc2O1. The molecule has 0 aromatic heterocycles. The molecule has 1 unspecified atom stereocenters. The van der Waals surface area contributed by atoms with Crippen molar-refractivity contribution in [1.82, 2.24) is 5.32 Å². The number of fused-ring (bicyclic) bond motifs is 1. The fourth-order valence-corrected chi connectivity index (χ4v) is 2.43. The molecule has 1 amide bonds. The van der Waals surface area contributed by atoms with Crippen LogP contribution in [-0.2, 0) is 11.2 Å². The molecule has 0 saturated heterocycles. The van der Waals surface area contributed by atoms with Crippen molar-refractivity contribution in [2.45, 2.75) is 45.6 Å². The number of carbonyl (C=O) groups is 1. The molecule has 114 valence electrons. The minimum Gasteiger partial charge on any atom is -0.497 e. The van der Waals surface area contributed by atoms with Crippen LogP contribution in [0, 0.1) is 0 Å². The molecule has 1 aliphatic heterocycles. The van der Waals surface area contributed by atoms with Gasteiger partial charge in [0.1, 0.15) is 11.5 Å². The number of hydrogen-bond acceptors (Lipinski definition) is 3. The lowest BCUT2D eigenvalue weighted by molar-refractivity contribution is -0.120. The van der Waals surface area contributed by atoms with Crippen molar-refractivity contribution >= 4 is 5.91 Å². The van der Waals surface area contributed by atoms with E-state index in [0.29, 0.717) is 12.2 Å². The van der Waals surface area contributed by atoms with Gasteiger partial charge in [0.05, 0.1) is 7.11 Å².